The van der Waals surface area contributed by atoms with E-state index in [2.05, 4.69) is 70.6 Å². The third-order valence-electron chi connectivity index (χ3n) is 15.3. The summed E-state index contributed by atoms with van der Waals surface area (Å²) in [5.41, 5.74) is 6.51. The Bertz CT molecular complexity index is 3410. The van der Waals surface area contributed by atoms with Gasteiger partial charge in [0.05, 0.1) is 31.0 Å². The van der Waals surface area contributed by atoms with E-state index in [9.17, 15) is 56.2 Å². The summed E-state index contributed by atoms with van der Waals surface area (Å²) in [5.74, 6) is -2.51. The molecule has 0 fully saturated rings. The average Bonchev–Trinajstić information content (AvgIpc) is 2.19. The van der Waals surface area contributed by atoms with Crippen molar-refractivity contribution in [2.75, 3.05) is 33.2 Å². The van der Waals surface area contributed by atoms with Crippen molar-refractivity contribution in [1.29, 1.82) is 0 Å². The number of nitro groups is 2. The zero-order valence-corrected chi connectivity index (χ0v) is 56.5. The summed E-state index contributed by atoms with van der Waals surface area (Å²) in [7, 11) is -7.82. The second kappa shape index (κ2) is 41.4. The molecule has 498 valence electrons. The highest BCUT2D eigenvalue weighted by molar-refractivity contribution is 7.93. The number of amides is 4. The van der Waals surface area contributed by atoms with E-state index in [1.54, 1.807) is 36.4 Å². The fourth-order valence-corrected chi connectivity index (χ4v) is 11.8. The van der Waals surface area contributed by atoms with Crippen molar-refractivity contribution in [3.8, 4) is 0 Å². The van der Waals surface area contributed by atoms with Gasteiger partial charge in [-0.2, -0.15) is 0 Å². The Morgan fingerprint density at radius 3 is 1.36 bits per heavy atom. The minimum atomic E-state index is -3.92. The molecule has 1 atom stereocenters. The van der Waals surface area contributed by atoms with Gasteiger partial charge in [0.25, 0.3) is 20.0 Å². The van der Waals surface area contributed by atoms with Crippen LogP contribution in [0.4, 0.5) is 22.7 Å². The summed E-state index contributed by atoms with van der Waals surface area (Å²) < 4.78 is 57.0. The van der Waals surface area contributed by atoms with E-state index in [1.807, 2.05) is 46.8 Å². The molecular weight excluding hydrogens is 1200 g/mol. The summed E-state index contributed by atoms with van der Waals surface area (Å²) in [6.45, 7) is 17.7. The molecule has 0 aliphatic carbocycles. The first-order chi connectivity index (χ1) is 43.2. The lowest BCUT2D eigenvalue weighted by molar-refractivity contribution is -0.419. The number of anilines is 4. The molecule has 4 rings (SSSR count). The molecule has 0 spiro atoms. The van der Waals surface area contributed by atoms with Gasteiger partial charge in [0.1, 0.15) is 0 Å². The SMILES string of the molecule is CC(C)=CCC/C(C)=C/CCC(C)C/C=C(\C(=O)NCCC(=O)Nc1cccc(S(=O)(=O)Nc2cccc(C)c2C)c1)[N+](=O)[O-].CCCCCCCCCCCCCCC/C=C(\C(=O)NCCC(=O)Nc1cccc(S(=O)(=O)Nc2cccc(C)c2C)c1)[N+](=O)[O-]. The predicted molar refractivity (Wildman–Crippen MR) is 365 cm³/mol. The highest BCUT2D eigenvalue weighted by Crippen LogP contribution is 2.26. The van der Waals surface area contributed by atoms with Gasteiger partial charge in [-0.05, 0) is 182 Å². The third-order valence-corrected chi connectivity index (χ3v) is 18.0. The van der Waals surface area contributed by atoms with Gasteiger partial charge in [-0.1, -0.05) is 151 Å². The van der Waals surface area contributed by atoms with Crippen molar-refractivity contribution < 1.29 is 45.9 Å². The molecule has 20 nitrogen and oxygen atoms in total. The van der Waals surface area contributed by atoms with Gasteiger partial charge in [0.2, 0.25) is 11.8 Å². The highest BCUT2D eigenvalue weighted by atomic mass is 32.2. The summed E-state index contributed by atoms with van der Waals surface area (Å²) in [4.78, 5) is 71.4. The Morgan fingerprint density at radius 1 is 0.516 bits per heavy atom. The van der Waals surface area contributed by atoms with E-state index >= 15 is 0 Å². The molecular formula is C69H98N8O12S2. The number of rotatable bonds is 40. The number of carbonyl (C=O) groups excluding carboxylic acids is 4. The van der Waals surface area contributed by atoms with Crippen molar-refractivity contribution in [3.63, 3.8) is 0 Å². The molecule has 0 aliphatic rings. The smallest absolute Gasteiger partial charge is 0.329 e. The summed E-state index contributed by atoms with van der Waals surface area (Å²) >= 11 is 0. The zero-order chi connectivity index (χ0) is 67.4. The number of aryl methyl sites for hydroxylation is 2. The molecule has 4 amide bonds. The number of hydrogen-bond acceptors (Lipinski definition) is 12. The van der Waals surface area contributed by atoms with Crippen LogP contribution in [0.15, 0.2) is 142 Å². The van der Waals surface area contributed by atoms with Crippen LogP contribution in [-0.4, -0.2) is 63.4 Å². The first kappa shape index (κ1) is 77.3. The van der Waals surface area contributed by atoms with Crippen molar-refractivity contribution >= 4 is 66.4 Å². The molecule has 0 radical (unpaired) electrons. The number of benzene rings is 4. The van der Waals surface area contributed by atoms with Gasteiger partial charge in [-0.25, -0.2) is 16.8 Å². The van der Waals surface area contributed by atoms with Gasteiger partial charge in [0, 0.05) is 37.3 Å². The Balaban J connectivity index is 0.000000475. The maximum Gasteiger partial charge on any atom is 0.329 e. The lowest BCUT2D eigenvalue weighted by atomic mass is 9.99. The fourth-order valence-electron chi connectivity index (χ4n) is 9.46. The Labute approximate surface area is 540 Å². The highest BCUT2D eigenvalue weighted by Gasteiger charge is 2.24. The van der Waals surface area contributed by atoms with Crippen LogP contribution in [-0.2, 0) is 39.2 Å². The van der Waals surface area contributed by atoms with Crippen LogP contribution >= 0.6 is 0 Å². The van der Waals surface area contributed by atoms with Crippen LogP contribution in [0.5, 0.6) is 0 Å². The maximum atomic E-state index is 13.0. The molecule has 0 bridgehead atoms. The second-order valence-corrected chi connectivity index (χ2v) is 26.7. The normalized spacial score (nSPS) is 12.2. The van der Waals surface area contributed by atoms with Gasteiger partial charge >= 0.3 is 23.2 Å². The van der Waals surface area contributed by atoms with Gasteiger partial charge in [-0.3, -0.25) is 48.9 Å². The molecule has 0 saturated heterocycles. The Hall–Kier alpha value is -7.98. The topological polar surface area (TPSA) is 295 Å². The largest absolute Gasteiger partial charge is 0.346 e. The van der Waals surface area contributed by atoms with E-state index in [1.165, 1.54) is 117 Å². The average molecular weight is 1300 g/mol. The van der Waals surface area contributed by atoms with Crippen molar-refractivity contribution in [1.82, 2.24) is 10.6 Å². The first-order valence-corrected chi connectivity index (χ1v) is 34.7. The monoisotopic (exact) mass is 1290 g/mol. The number of nitrogens with one attached hydrogen (secondary N) is 6. The standard InChI is InChI=1S/C35H52N4O6S.C34H46N4O6S/c1-4-5-6-7-8-9-10-11-12-13-14-15-16-17-24-33(39(42)43)35(41)36-26-25-34(40)37-30-21-19-22-31(27-30)46(44,45)38-32-23-18-20-28(2)29(32)3;1-24(2)11-7-12-25(3)13-8-14-26(4)19-20-32(38(41)42)34(40)35-22-21-33(39)36-29-16-10-17-30(23-29)45(43,44)37-31-18-9-15-27(5)28(31)6/h18-24,27,38H,4-17,25-26H2,1-3H3,(H,36,41)(H,37,40);9-11,13,15-18,20,23,26,37H,7-8,12,14,19,21-22H2,1-6H3,(H,35,40)(H,36,39)/b33-24+;25-13+,32-20+. The Morgan fingerprint density at radius 2 is 0.934 bits per heavy atom. The molecule has 0 aliphatic heterocycles. The van der Waals surface area contributed by atoms with Gasteiger partial charge < -0.3 is 21.3 Å². The third kappa shape index (κ3) is 30.6. The van der Waals surface area contributed by atoms with Crippen molar-refractivity contribution in [3.05, 3.63) is 174 Å². The van der Waals surface area contributed by atoms with E-state index in [-0.39, 0.29) is 53.0 Å². The number of nitrogens with zero attached hydrogens (tertiary/aromatic N) is 2. The fraction of sp³-hybridized carbons (Fsp3) is 0.478. The minimum Gasteiger partial charge on any atom is -0.346 e. The summed E-state index contributed by atoms with van der Waals surface area (Å²) in [6.07, 6.45) is 27.1. The first-order valence-electron chi connectivity index (χ1n) is 31.8. The van der Waals surface area contributed by atoms with Crippen LogP contribution in [0.3, 0.4) is 0 Å². The molecule has 0 saturated carbocycles. The van der Waals surface area contributed by atoms with E-state index < -0.39 is 64.9 Å². The van der Waals surface area contributed by atoms with Gasteiger partial charge in [0.15, 0.2) is 0 Å². The van der Waals surface area contributed by atoms with E-state index in [0.717, 1.165) is 73.6 Å². The van der Waals surface area contributed by atoms with Crippen LogP contribution < -0.4 is 30.7 Å². The molecule has 4 aromatic rings. The van der Waals surface area contributed by atoms with Crippen LogP contribution in [0.1, 0.15) is 192 Å². The van der Waals surface area contributed by atoms with Crippen molar-refractivity contribution in [2.24, 2.45) is 5.92 Å². The maximum absolute atomic E-state index is 13.0. The molecule has 6 N–H and O–H groups in total. The van der Waals surface area contributed by atoms with Gasteiger partial charge in [-0.15, -0.1) is 0 Å². The van der Waals surface area contributed by atoms with E-state index in [4.69, 9.17) is 0 Å². The van der Waals surface area contributed by atoms with Crippen molar-refractivity contribution in [2.45, 2.75) is 207 Å². The lowest BCUT2D eigenvalue weighted by Gasteiger charge is -2.13. The number of unbranched alkanes of at least 4 members (excludes halogenated alkanes) is 13. The molecule has 91 heavy (non-hydrogen) atoms. The number of hydrogen-bond donors (Lipinski definition) is 6. The van der Waals surface area contributed by atoms with Crippen LogP contribution in [0.25, 0.3) is 0 Å². The summed E-state index contributed by atoms with van der Waals surface area (Å²) in [6, 6.07) is 22.3. The molecule has 4 aromatic carbocycles. The minimum absolute atomic E-state index is 0.0243. The molecule has 0 heterocycles. The quantitative estimate of drug-likeness (QED) is 0.00797. The second-order valence-electron chi connectivity index (χ2n) is 23.4. The predicted octanol–water partition coefficient (Wildman–Crippen LogP) is 15.4. The number of allylic oxidation sites excluding steroid dienone is 6. The van der Waals surface area contributed by atoms with Crippen LogP contribution in [0, 0.1) is 53.8 Å². The zero-order valence-electron chi connectivity index (χ0n) is 54.8. The lowest BCUT2D eigenvalue weighted by Crippen LogP contribution is -2.31. The molecule has 22 heteroatoms. The summed E-state index contributed by atoms with van der Waals surface area (Å²) in [5, 5.41) is 33.1. The molecule has 1 unspecified atom stereocenters. The van der Waals surface area contributed by atoms with E-state index in [0.29, 0.717) is 24.2 Å². The van der Waals surface area contributed by atoms with Crippen LogP contribution in [0.2, 0.25) is 0 Å². The Kier molecular flexibility index (Phi) is 35.2. The number of sulfonamides is 2. The number of carbonyl (C=O) groups is 4. The molecule has 0 aromatic heterocycles.